The maximum atomic E-state index is 11.9. The van der Waals surface area contributed by atoms with Crippen molar-refractivity contribution in [3.63, 3.8) is 0 Å². The number of nitrogens with zero attached hydrogens (tertiary/aromatic N) is 1. The van der Waals surface area contributed by atoms with Crippen molar-refractivity contribution in [3.05, 3.63) is 71.8 Å². The molecule has 1 fully saturated rings. The monoisotopic (exact) mass is 383 g/mol. The summed E-state index contributed by atoms with van der Waals surface area (Å²) in [4.78, 5) is 24.4. The Labute approximate surface area is 166 Å². The van der Waals surface area contributed by atoms with Crippen LogP contribution in [-0.4, -0.2) is 35.0 Å². The van der Waals surface area contributed by atoms with Gasteiger partial charge < -0.3 is 14.7 Å². The molecule has 1 N–H and O–H groups in total. The van der Waals surface area contributed by atoms with Gasteiger partial charge in [0.2, 0.25) is 5.91 Å². The lowest BCUT2D eigenvalue weighted by Gasteiger charge is -2.25. The summed E-state index contributed by atoms with van der Waals surface area (Å²) in [6.45, 7) is 6.05. The quantitative estimate of drug-likeness (QED) is 0.774. The third kappa shape index (κ3) is 6.82. The van der Waals surface area contributed by atoms with Gasteiger partial charge in [0.05, 0.1) is 19.1 Å². The lowest BCUT2D eigenvalue weighted by molar-refractivity contribution is -0.138. The Kier molecular flexibility index (Phi) is 8.69. The van der Waals surface area contributed by atoms with Gasteiger partial charge in [-0.05, 0) is 30.9 Å². The van der Waals surface area contributed by atoms with Gasteiger partial charge in [-0.2, -0.15) is 0 Å². The number of carboxylic acids is 1. The Hall–Kier alpha value is -2.66. The van der Waals surface area contributed by atoms with Gasteiger partial charge in [-0.1, -0.05) is 60.7 Å². The minimum absolute atomic E-state index is 0.0116. The van der Waals surface area contributed by atoms with Crippen molar-refractivity contribution in [2.24, 2.45) is 5.92 Å². The van der Waals surface area contributed by atoms with Gasteiger partial charge in [0.15, 0.2) is 0 Å². The number of hydrogen-bond donors (Lipinski definition) is 1. The average Bonchev–Trinajstić information content (AvgIpc) is 3.07. The van der Waals surface area contributed by atoms with E-state index in [9.17, 15) is 9.59 Å². The number of ether oxygens (including phenoxy) is 1. The molecule has 0 aliphatic carbocycles. The Balaban J connectivity index is 0.000000237. The number of carbonyl (C=O) groups is 2. The SMILES string of the molecule is CC(c1ccccc1)N1CC(CC(=O)O)CC1=O.CCOCc1ccccc1. The van der Waals surface area contributed by atoms with Crippen LogP contribution in [0.5, 0.6) is 0 Å². The molecule has 1 amide bonds. The maximum absolute atomic E-state index is 11.9. The van der Waals surface area contributed by atoms with E-state index in [1.54, 1.807) is 4.90 Å². The minimum atomic E-state index is -0.831. The Morgan fingerprint density at radius 3 is 2.32 bits per heavy atom. The molecule has 1 aliphatic heterocycles. The zero-order valence-electron chi connectivity index (χ0n) is 16.6. The van der Waals surface area contributed by atoms with E-state index < -0.39 is 5.97 Å². The van der Waals surface area contributed by atoms with E-state index >= 15 is 0 Å². The summed E-state index contributed by atoms with van der Waals surface area (Å²) in [7, 11) is 0. The highest BCUT2D eigenvalue weighted by Gasteiger charge is 2.33. The second-order valence-corrected chi connectivity index (χ2v) is 6.92. The Morgan fingerprint density at radius 1 is 1.14 bits per heavy atom. The summed E-state index contributed by atoms with van der Waals surface area (Å²) >= 11 is 0. The van der Waals surface area contributed by atoms with Crippen molar-refractivity contribution in [2.45, 2.75) is 39.3 Å². The fraction of sp³-hybridized carbons (Fsp3) is 0.391. The molecule has 2 aromatic carbocycles. The Morgan fingerprint density at radius 2 is 1.75 bits per heavy atom. The van der Waals surface area contributed by atoms with Crippen molar-refractivity contribution in [2.75, 3.05) is 13.2 Å². The molecule has 3 rings (SSSR count). The van der Waals surface area contributed by atoms with Gasteiger partial charge in [0, 0.05) is 19.6 Å². The molecular weight excluding hydrogens is 354 g/mol. The first-order chi connectivity index (χ1) is 13.5. The largest absolute Gasteiger partial charge is 0.481 e. The molecular formula is C23H29NO4. The number of likely N-dealkylation sites (tertiary alicyclic amines) is 1. The van der Waals surface area contributed by atoms with E-state index in [-0.39, 0.29) is 24.3 Å². The fourth-order valence-electron chi connectivity index (χ4n) is 3.27. The van der Waals surface area contributed by atoms with Gasteiger partial charge in [0.25, 0.3) is 0 Å². The topological polar surface area (TPSA) is 66.8 Å². The summed E-state index contributed by atoms with van der Waals surface area (Å²) in [5, 5.41) is 8.77. The van der Waals surface area contributed by atoms with E-state index in [1.165, 1.54) is 5.56 Å². The number of aliphatic carboxylic acids is 1. The molecule has 0 saturated carbocycles. The molecule has 2 aromatic rings. The van der Waals surface area contributed by atoms with Crippen LogP contribution in [-0.2, 0) is 20.9 Å². The van der Waals surface area contributed by atoms with E-state index in [0.29, 0.717) is 13.0 Å². The number of carboxylic acid groups (broad SMARTS) is 1. The van der Waals surface area contributed by atoms with Crippen LogP contribution in [0.15, 0.2) is 60.7 Å². The fourth-order valence-corrected chi connectivity index (χ4v) is 3.27. The molecule has 5 heteroatoms. The number of carbonyl (C=O) groups excluding carboxylic acids is 1. The van der Waals surface area contributed by atoms with Gasteiger partial charge in [0.1, 0.15) is 0 Å². The highest BCUT2D eigenvalue weighted by Crippen LogP contribution is 2.29. The van der Waals surface area contributed by atoms with E-state index in [2.05, 4.69) is 12.1 Å². The summed E-state index contributed by atoms with van der Waals surface area (Å²) in [5.41, 5.74) is 2.33. The van der Waals surface area contributed by atoms with E-state index in [4.69, 9.17) is 9.84 Å². The first-order valence-electron chi connectivity index (χ1n) is 9.69. The van der Waals surface area contributed by atoms with Gasteiger partial charge in [-0.3, -0.25) is 9.59 Å². The van der Waals surface area contributed by atoms with Crippen LogP contribution in [0.2, 0.25) is 0 Å². The molecule has 2 unspecified atom stereocenters. The molecule has 1 heterocycles. The summed E-state index contributed by atoms with van der Waals surface area (Å²) < 4.78 is 5.22. The molecule has 0 radical (unpaired) electrons. The highest BCUT2D eigenvalue weighted by molar-refractivity contribution is 5.80. The molecule has 0 bridgehead atoms. The lowest BCUT2D eigenvalue weighted by Crippen LogP contribution is -2.28. The third-order valence-electron chi connectivity index (χ3n) is 4.77. The minimum Gasteiger partial charge on any atom is -0.481 e. The first-order valence-corrected chi connectivity index (χ1v) is 9.69. The molecule has 0 aromatic heterocycles. The molecule has 5 nitrogen and oxygen atoms in total. The molecule has 150 valence electrons. The summed E-state index contributed by atoms with van der Waals surface area (Å²) in [6.07, 6.45) is 0.424. The number of amides is 1. The van der Waals surface area contributed by atoms with Crippen LogP contribution in [0, 0.1) is 5.92 Å². The molecule has 0 spiro atoms. The number of hydrogen-bond acceptors (Lipinski definition) is 3. The van der Waals surface area contributed by atoms with Crippen molar-refractivity contribution in [1.29, 1.82) is 0 Å². The van der Waals surface area contributed by atoms with Crippen molar-refractivity contribution < 1.29 is 19.4 Å². The lowest BCUT2D eigenvalue weighted by atomic mass is 10.0. The van der Waals surface area contributed by atoms with E-state index in [1.807, 2.05) is 62.4 Å². The van der Waals surface area contributed by atoms with Gasteiger partial charge in [-0.15, -0.1) is 0 Å². The van der Waals surface area contributed by atoms with Gasteiger partial charge in [-0.25, -0.2) is 0 Å². The average molecular weight is 383 g/mol. The molecule has 1 aliphatic rings. The smallest absolute Gasteiger partial charge is 0.303 e. The van der Waals surface area contributed by atoms with Crippen LogP contribution in [0.25, 0.3) is 0 Å². The van der Waals surface area contributed by atoms with Gasteiger partial charge >= 0.3 is 5.97 Å². The predicted octanol–water partition coefficient (Wildman–Crippen LogP) is 4.29. The summed E-state index contributed by atoms with van der Waals surface area (Å²) in [5.74, 6) is -0.833. The zero-order valence-corrected chi connectivity index (χ0v) is 16.6. The Bertz CT molecular complexity index is 733. The van der Waals surface area contributed by atoms with E-state index in [0.717, 1.165) is 18.8 Å². The molecule has 28 heavy (non-hydrogen) atoms. The highest BCUT2D eigenvalue weighted by atomic mass is 16.5. The van der Waals surface area contributed by atoms with Crippen LogP contribution < -0.4 is 0 Å². The zero-order chi connectivity index (χ0) is 20.4. The second-order valence-electron chi connectivity index (χ2n) is 6.92. The van der Waals surface area contributed by atoms with Crippen LogP contribution >= 0.6 is 0 Å². The molecule has 1 saturated heterocycles. The van der Waals surface area contributed by atoms with Crippen LogP contribution in [0.1, 0.15) is 43.9 Å². The number of rotatable bonds is 7. The first kappa shape index (κ1) is 21.6. The maximum Gasteiger partial charge on any atom is 0.303 e. The van der Waals surface area contributed by atoms with Crippen molar-refractivity contribution in [3.8, 4) is 0 Å². The summed E-state index contributed by atoms with van der Waals surface area (Å²) in [6, 6.07) is 20.0. The van der Waals surface area contributed by atoms with Crippen LogP contribution in [0.4, 0.5) is 0 Å². The van der Waals surface area contributed by atoms with Crippen molar-refractivity contribution >= 4 is 11.9 Å². The predicted molar refractivity (Wildman–Crippen MR) is 109 cm³/mol. The molecule has 2 atom stereocenters. The number of benzene rings is 2. The van der Waals surface area contributed by atoms with Crippen LogP contribution in [0.3, 0.4) is 0 Å². The second kappa shape index (κ2) is 11.2. The standard InChI is InChI=1S/C14H17NO3.C9H12O/c1-10(12-5-3-2-4-6-12)15-9-11(7-13(15)16)8-14(17)18;1-2-10-8-9-6-4-3-5-7-9/h2-6,10-11H,7-9H2,1H3,(H,17,18);3-7H,2,8H2,1H3. The normalized spacial score (nSPS) is 17.0. The third-order valence-corrected chi connectivity index (χ3v) is 4.77. The van der Waals surface area contributed by atoms with Crippen molar-refractivity contribution in [1.82, 2.24) is 4.90 Å².